The molecular formula is C24H19ClN2O2. The van der Waals surface area contributed by atoms with Crippen LogP contribution in [0.4, 0.5) is 0 Å². The third kappa shape index (κ3) is 3.19. The number of hydrogen-bond acceptors (Lipinski definition) is 4. The Morgan fingerprint density at radius 3 is 2.52 bits per heavy atom. The van der Waals surface area contributed by atoms with Crippen molar-refractivity contribution in [1.29, 1.82) is 0 Å². The topological polar surface area (TPSA) is 41.9 Å². The van der Waals surface area contributed by atoms with E-state index in [1.54, 1.807) is 24.3 Å². The highest BCUT2D eigenvalue weighted by Gasteiger charge is 2.43. The molecule has 5 heteroatoms. The van der Waals surface area contributed by atoms with Crippen molar-refractivity contribution in [3.63, 3.8) is 0 Å². The van der Waals surface area contributed by atoms with Gasteiger partial charge in [-0.15, -0.1) is 0 Å². The average molecular weight is 403 g/mol. The van der Waals surface area contributed by atoms with Gasteiger partial charge in [0, 0.05) is 22.6 Å². The van der Waals surface area contributed by atoms with Gasteiger partial charge in [-0.2, -0.15) is 5.10 Å². The first-order chi connectivity index (χ1) is 14.1. The van der Waals surface area contributed by atoms with E-state index in [2.05, 4.69) is 31.2 Å². The first kappa shape index (κ1) is 18.0. The highest BCUT2D eigenvalue weighted by molar-refractivity contribution is 6.30. The molecule has 0 aliphatic carbocycles. The number of Topliss-reactive ketones (excluding diaryl/α,β-unsaturated/α-hetero) is 1. The highest BCUT2D eigenvalue weighted by Crippen LogP contribution is 2.43. The number of hydrazone groups is 1. The molecule has 3 aromatic carbocycles. The molecule has 0 saturated heterocycles. The Morgan fingerprint density at radius 2 is 1.76 bits per heavy atom. The molecule has 3 aromatic rings. The van der Waals surface area contributed by atoms with Crippen molar-refractivity contribution in [3.05, 3.63) is 100 Å². The summed E-state index contributed by atoms with van der Waals surface area (Å²) in [5, 5.41) is 7.24. The van der Waals surface area contributed by atoms with Crippen molar-refractivity contribution < 1.29 is 9.53 Å². The maximum atomic E-state index is 13.3. The Kier molecular flexibility index (Phi) is 4.36. The maximum Gasteiger partial charge on any atom is 0.251 e. The Morgan fingerprint density at radius 1 is 1.03 bits per heavy atom. The first-order valence-electron chi connectivity index (χ1n) is 9.58. The first-order valence-corrected chi connectivity index (χ1v) is 9.96. The Balaban J connectivity index is 1.55. The van der Waals surface area contributed by atoms with E-state index in [-0.39, 0.29) is 11.8 Å². The normalized spacial score (nSPS) is 19.8. The predicted octanol–water partition coefficient (Wildman–Crippen LogP) is 5.40. The van der Waals surface area contributed by atoms with Gasteiger partial charge in [-0.25, -0.2) is 5.01 Å². The molecule has 4 nitrogen and oxygen atoms in total. The number of aryl methyl sites for hydroxylation is 1. The van der Waals surface area contributed by atoms with Crippen LogP contribution >= 0.6 is 11.6 Å². The molecule has 0 radical (unpaired) electrons. The van der Waals surface area contributed by atoms with Crippen LogP contribution in [0.5, 0.6) is 5.75 Å². The van der Waals surface area contributed by atoms with Crippen LogP contribution in [0.3, 0.4) is 0 Å². The van der Waals surface area contributed by atoms with Crippen LogP contribution in [0.25, 0.3) is 0 Å². The Hall–Kier alpha value is -3.11. The number of ketones is 1. The van der Waals surface area contributed by atoms with Gasteiger partial charge in [-0.1, -0.05) is 59.6 Å². The molecule has 0 saturated carbocycles. The largest absolute Gasteiger partial charge is 0.461 e. The number of halogens is 1. The molecule has 2 aliphatic heterocycles. The van der Waals surface area contributed by atoms with Gasteiger partial charge in [0.15, 0.2) is 0 Å². The number of ether oxygens (including phenoxy) is 1. The van der Waals surface area contributed by atoms with Crippen LogP contribution in [0.1, 0.15) is 39.5 Å². The van der Waals surface area contributed by atoms with Gasteiger partial charge in [0.25, 0.3) is 6.23 Å². The number of nitrogens with zero attached hydrogens (tertiary/aromatic N) is 2. The van der Waals surface area contributed by atoms with Crippen LogP contribution < -0.4 is 4.74 Å². The van der Waals surface area contributed by atoms with E-state index in [1.807, 2.05) is 29.3 Å². The van der Waals surface area contributed by atoms with Crippen LogP contribution in [0.15, 0.2) is 77.9 Å². The molecule has 0 aromatic heterocycles. The standard InChI is InChI=1S/C24H19ClN2O2/c1-15-6-8-16(9-7-15)20-14-21-19-4-2-3-5-22(19)29-24(27(21)26-20)23(28)17-10-12-18(25)13-11-17/h2-13,21,24H,14H2,1H3/t21-,24+/m0/s1. The smallest absolute Gasteiger partial charge is 0.251 e. The minimum atomic E-state index is -0.806. The molecular weight excluding hydrogens is 384 g/mol. The molecule has 0 N–H and O–H groups in total. The monoisotopic (exact) mass is 402 g/mol. The lowest BCUT2D eigenvalue weighted by molar-refractivity contribution is -0.00455. The fourth-order valence-electron chi connectivity index (χ4n) is 3.88. The zero-order chi connectivity index (χ0) is 20.0. The van der Waals surface area contributed by atoms with E-state index in [9.17, 15) is 4.79 Å². The van der Waals surface area contributed by atoms with E-state index < -0.39 is 6.23 Å². The summed E-state index contributed by atoms with van der Waals surface area (Å²) in [4.78, 5) is 13.3. The molecule has 0 unspecified atom stereocenters. The summed E-state index contributed by atoms with van der Waals surface area (Å²) in [6.45, 7) is 2.06. The average Bonchev–Trinajstić information content (AvgIpc) is 3.19. The van der Waals surface area contributed by atoms with Gasteiger partial charge >= 0.3 is 0 Å². The SMILES string of the molecule is Cc1ccc(C2=NN3[C@@H](C(=O)c4ccc(Cl)cc4)Oc4ccccc4[C@@H]3C2)cc1. The van der Waals surface area contributed by atoms with Crippen molar-refractivity contribution in [2.24, 2.45) is 5.10 Å². The second-order valence-corrected chi connectivity index (χ2v) is 7.83. The third-order valence-electron chi connectivity index (χ3n) is 5.44. The second-order valence-electron chi connectivity index (χ2n) is 7.39. The second kappa shape index (κ2) is 7.05. The van der Waals surface area contributed by atoms with Crippen molar-refractivity contribution >= 4 is 23.1 Å². The summed E-state index contributed by atoms with van der Waals surface area (Å²) >= 11 is 5.98. The minimum Gasteiger partial charge on any atom is -0.461 e. The summed E-state index contributed by atoms with van der Waals surface area (Å²) < 4.78 is 6.13. The Bertz CT molecular complexity index is 1110. The van der Waals surface area contributed by atoms with Gasteiger partial charge in [-0.3, -0.25) is 4.79 Å². The molecule has 5 rings (SSSR count). The van der Waals surface area contributed by atoms with Crippen molar-refractivity contribution in [1.82, 2.24) is 5.01 Å². The van der Waals surface area contributed by atoms with Crippen LogP contribution in [0, 0.1) is 6.92 Å². The third-order valence-corrected chi connectivity index (χ3v) is 5.69. The molecule has 0 spiro atoms. The molecule has 0 bridgehead atoms. The zero-order valence-corrected chi connectivity index (χ0v) is 16.6. The minimum absolute atomic E-state index is 0.0301. The van der Waals surface area contributed by atoms with Gasteiger partial charge in [0.05, 0.1) is 11.8 Å². The fraction of sp³-hybridized carbons (Fsp3) is 0.167. The molecule has 2 heterocycles. The lowest BCUT2D eigenvalue weighted by atomic mass is 9.95. The van der Waals surface area contributed by atoms with Crippen molar-refractivity contribution in [2.75, 3.05) is 0 Å². The molecule has 0 amide bonds. The van der Waals surface area contributed by atoms with Crippen molar-refractivity contribution in [2.45, 2.75) is 25.6 Å². The molecule has 2 aliphatic rings. The van der Waals surface area contributed by atoms with Gasteiger partial charge < -0.3 is 4.74 Å². The predicted molar refractivity (Wildman–Crippen MR) is 114 cm³/mol. The summed E-state index contributed by atoms with van der Waals surface area (Å²) in [7, 11) is 0. The number of carbonyl (C=O) groups is 1. The summed E-state index contributed by atoms with van der Waals surface area (Å²) in [5.74, 6) is 0.608. The lowest BCUT2D eigenvalue weighted by Crippen LogP contribution is -2.45. The highest BCUT2D eigenvalue weighted by atomic mass is 35.5. The molecule has 0 fully saturated rings. The van der Waals surface area contributed by atoms with Gasteiger partial charge in [0.1, 0.15) is 5.75 Å². The van der Waals surface area contributed by atoms with Gasteiger partial charge in [-0.05, 0) is 42.8 Å². The lowest BCUT2D eigenvalue weighted by Gasteiger charge is -2.37. The number of benzene rings is 3. The number of fused-ring (bicyclic) bond motifs is 3. The van der Waals surface area contributed by atoms with Crippen LogP contribution in [-0.4, -0.2) is 22.7 Å². The molecule has 2 atom stereocenters. The van der Waals surface area contributed by atoms with E-state index in [1.165, 1.54) is 5.56 Å². The van der Waals surface area contributed by atoms with Crippen LogP contribution in [-0.2, 0) is 0 Å². The van der Waals surface area contributed by atoms with E-state index in [0.717, 1.165) is 29.0 Å². The molecule has 29 heavy (non-hydrogen) atoms. The molecule has 144 valence electrons. The maximum absolute atomic E-state index is 13.3. The van der Waals surface area contributed by atoms with E-state index in [4.69, 9.17) is 21.4 Å². The summed E-state index contributed by atoms with van der Waals surface area (Å²) in [6.07, 6.45) is -0.0765. The quantitative estimate of drug-likeness (QED) is 0.551. The van der Waals surface area contributed by atoms with Gasteiger partial charge in [0.2, 0.25) is 5.78 Å². The van der Waals surface area contributed by atoms with Crippen molar-refractivity contribution in [3.8, 4) is 5.75 Å². The van der Waals surface area contributed by atoms with E-state index in [0.29, 0.717) is 10.6 Å². The fourth-order valence-corrected chi connectivity index (χ4v) is 4.01. The summed E-state index contributed by atoms with van der Waals surface area (Å²) in [5.41, 5.74) is 4.84. The van der Waals surface area contributed by atoms with E-state index >= 15 is 0 Å². The Labute approximate surface area is 174 Å². The van der Waals surface area contributed by atoms with Crippen LogP contribution in [0.2, 0.25) is 5.02 Å². The summed E-state index contributed by atoms with van der Waals surface area (Å²) in [6, 6.07) is 23.0. The number of hydrogen-bond donors (Lipinski definition) is 0. The number of carbonyl (C=O) groups excluding carboxylic acids is 1. The number of para-hydroxylation sites is 1. The number of rotatable bonds is 3. The zero-order valence-electron chi connectivity index (χ0n) is 15.9.